The first-order valence-electron chi connectivity index (χ1n) is 4.53. The van der Waals surface area contributed by atoms with Crippen molar-refractivity contribution in [2.24, 2.45) is 5.92 Å². The second-order valence-corrected chi connectivity index (χ2v) is 3.74. The van der Waals surface area contributed by atoms with Crippen molar-refractivity contribution < 1.29 is 9.59 Å². The molecule has 0 radical (unpaired) electrons. The van der Waals surface area contributed by atoms with Crippen LogP contribution in [-0.4, -0.2) is 29.7 Å². The van der Waals surface area contributed by atoms with Gasteiger partial charge in [-0.25, -0.2) is 0 Å². The Kier molecular flexibility index (Phi) is 1.67. The van der Waals surface area contributed by atoms with Crippen molar-refractivity contribution in [1.29, 1.82) is 0 Å². The second-order valence-electron chi connectivity index (χ2n) is 3.74. The van der Waals surface area contributed by atoms with E-state index < -0.39 is 0 Å². The number of amides is 1. The topological polar surface area (TPSA) is 37.4 Å². The largest absolute Gasteiger partial charge is 0.335 e. The number of carbonyl (C=O) groups is 2. The van der Waals surface area contributed by atoms with Crippen LogP contribution < -0.4 is 0 Å². The van der Waals surface area contributed by atoms with E-state index >= 15 is 0 Å². The summed E-state index contributed by atoms with van der Waals surface area (Å²) >= 11 is 0. The Morgan fingerprint density at radius 2 is 1.92 bits per heavy atom. The van der Waals surface area contributed by atoms with Gasteiger partial charge in [0.1, 0.15) is 0 Å². The molecule has 3 nitrogen and oxygen atoms in total. The van der Waals surface area contributed by atoms with Crippen LogP contribution in [0.4, 0.5) is 0 Å². The molecule has 0 aromatic heterocycles. The molecule has 1 saturated heterocycles. The molecular formula is C9H13NO2. The molecule has 1 heterocycles. The standard InChI is InChI=1S/C9H13NO2/c1-10-7-5-3-2-4-6(7)8(11)9(10)12/h6-7H,2-5H2,1H3/t6-,7?/m0/s1. The van der Waals surface area contributed by atoms with Crippen LogP contribution in [0.3, 0.4) is 0 Å². The van der Waals surface area contributed by atoms with Crippen LogP contribution in [0, 0.1) is 5.92 Å². The zero-order valence-electron chi connectivity index (χ0n) is 7.25. The van der Waals surface area contributed by atoms with Gasteiger partial charge in [-0.2, -0.15) is 0 Å². The van der Waals surface area contributed by atoms with Gasteiger partial charge >= 0.3 is 0 Å². The second kappa shape index (κ2) is 2.57. The van der Waals surface area contributed by atoms with E-state index in [1.54, 1.807) is 11.9 Å². The summed E-state index contributed by atoms with van der Waals surface area (Å²) in [7, 11) is 1.75. The molecular weight excluding hydrogens is 154 g/mol. The number of carbonyl (C=O) groups excluding carboxylic acids is 2. The van der Waals surface area contributed by atoms with Crippen LogP contribution >= 0.6 is 0 Å². The van der Waals surface area contributed by atoms with E-state index in [1.165, 1.54) is 0 Å². The summed E-state index contributed by atoms with van der Waals surface area (Å²) in [6, 6.07) is 0.221. The van der Waals surface area contributed by atoms with Crippen LogP contribution in [0.25, 0.3) is 0 Å². The van der Waals surface area contributed by atoms with Gasteiger partial charge in [-0.1, -0.05) is 12.8 Å². The zero-order chi connectivity index (χ0) is 8.72. The smallest absolute Gasteiger partial charge is 0.290 e. The zero-order valence-corrected chi connectivity index (χ0v) is 7.25. The molecule has 0 aromatic carbocycles. The van der Waals surface area contributed by atoms with Crippen molar-refractivity contribution >= 4 is 11.7 Å². The summed E-state index contributed by atoms with van der Waals surface area (Å²) in [5.41, 5.74) is 0. The Bertz CT molecular complexity index is 237. The number of rotatable bonds is 0. The molecule has 1 aliphatic heterocycles. The average molecular weight is 167 g/mol. The highest BCUT2D eigenvalue weighted by molar-refractivity contribution is 6.39. The first-order chi connectivity index (χ1) is 5.72. The highest BCUT2D eigenvalue weighted by atomic mass is 16.2. The number of hydrogen-bond donors (Lipinski definition) is 0. The van der Waals surface area contributed by atoms with E-state index in [-0.39, 0.29) is 23.7 Å². The molecule has 2 fully saturated rings. The number of hydrogen-bond acceptors (Lipinski definition) is 2. The van der Waals surface area contributed by atoms with Crippen LogP contribution in [-0.2, 0) is 9.59 Å². The quantitative estimate of drug-likeness (QED) is 0.495. The molecule has 2 aliphatic rings. The van der Waals surface area contributed by atoms with Crippen molar-refractivity contribution in [3.63, 3.8) is 0 Å². The van der Waals surface area contributed by atoms with E-state index in [0.717, 1.165) is 25.7 Å². The van der Waals surface area contributed by atoms with E-state index in [9.17, 15) is 9.59 Å². The lowest BCUT2D eigenvalue weighted by molar-refractivity contribution is -0.140. The van der Waals surface area contributed by atoms with Crippen LogP contribution in [0.1, 0.15) is 25.7 Å². The summed E-state index contributed by atoms with van der Waals surface area (Å²) in [5.74, 6) is -0.398. The van der Waals surface area contributed by atoms with Crippen molar-refractivity contribution in [2.75, 3.05) is 7.05 Å². The molecule has 3 heteroatoms. The third-order valence-electron chi connectivity index (χ3n) is 3.09. The number of ketones is 1. The lowest BCUT2D eigenvalue weighted by atomic mass is 9.84. The van der Waals surface area contributed by atoms with Crippen LogP contribution in [0.15, 0.2) is 0 Å². The Morgan fingerprint density at radius 1 is 1.25 bits per heavy atom. The molecule has 1 aliphatic carbocycles. The summed E-state index contributed by atoms with van der Waals surface area (Å²) in [5, 5.41) is 0. The minimum absolute atomic E-state index is 0.0243. The third kappa shape index (κ3) is 0.886. The number of fused-ring (bicyclic) bond motifs is 1. The van der Waals surface area contributed by atoms with Gasteiger partial charge in [-0.3, -0.25) is 9.59 Å². The number of nitrogens with zero attached hydrogens (tertiary/aromatic N) is 1. The molecule has 1 saturated carbocycles. The summed E-state index contributed by atoms with van der Waals surface area (Å²) in [6.07, 6.45) is 4.19. The molecule has 0 bridgehead atoms. The van der Waals surface area contributed by atoms with Crippen molar-refractivity contribution in [2.45, 2.75) is 31.7 Å². The fraction of sp³-hybridized carbons (Fsp3) is 0.778. The molecule has 1 amide bonds. The van der Waals surface area contributed by atoms with Crippen molar-refractivity contribution in [3.05, 3.63) is 0 Å². The maximum atomic E-state index is 11.4. The van der Waals surface area contributed by atoms with Gasteiger partial charge in [0.2, 0.25) is 5.78 Å². The van der Waals surface area contributed by atoms with Gasteiger partial charge in [0.25, 0.3) is 5.91 Å². The molecule has 2 atom stereocenters. The Labute approximate surface area is 71.7 Å². The number of likely N-dealkylation sites (N-methyl/N-ethyl adjacent to an activating group) is 1. The van der Waals surface area contributed by atoms with Gasteiger partial charge < -0.3 is 4.90 Å². The minimum Gasteiger partial charge on any atom is -0.335 e. The maximum absolute atomic E-state index is 11.4. The highest BCUT2D eigenvalue weighted by Crippen LogP contribution is 2.33. The van der Waals surface area contributed by atoms with Gasteiger partial charge in [-0.15, -0.1) is 0 Å². The molecule has 66 valence electrons. The Balaban J connectivity index is 2.25. The first kappa shape index (κ1) is 7.77. The summed E-state index contributed by atoms with van der Waals surface area (Å²) in [4.78, 5) is 24.2. The molecule has 1 unspecified atom stereocenters. The molecule has 2 rings (SSSR count). The SMILES string of the molecule is CN1C(=O)C(=O)[C@H]2CCCCC21. The average Bonchev–Trinajstić information content (AvgIpc) is 2.33. The summed E-state index contributed by atoms with van der Waals surface area (Å²) in [6.45, 7) is 0. The normalized spacial score (nSPS) is 35.6. The van der Waals surface area contributed by atoms with Gasteiger partial charge in [0, 0.05) is 19.0 Å². The van der Waals surface area contributed by atoms with Crippen molar-refractivity contribution in [1.82, 2.24) is 4.90 Å². The predicted octanol–water partition coefficient (Wildman–Crippen LogP) is 0.586. The lowest BCUT2D eigenvalue weighted by Crippen LogP contribution is -2.33. The highest BCUT2D eigenvalue weighted by Gasteiger charge is 2.45. The van der Waals surface area contributed by atoms with E-state index in [0.29, 0.717) is 0 Å². The molecule has 0 N–H and O–H groups in total. The Morgan fingerprint density at radius 3 is 2.58 bits per heavy atom. The van der Waals surface area contributed by atoms with Crippen LogP contribution in [0.5, 0.6) is 0 Å². The Hall–Kier alpha value is -0.860. The monoisotopic (exact) mass is 167 g/mol. The molecule has 0 aromatic rings. The third-order valence-corrected chi connectivity index (χ3v) is 3.09. The lowest BCUT2D eigenvalue weighted by Gasteiger charge is -2.27. The van der Waals surface area contributed by atoms with E-state index in [1.807, 2.05) is 0 Å². The number of likely N-dealkylation sites (tertiary alicyclic amines) is 1. The summed E-state index contributed by atoms with van der Waals surface area (Å²) < 4.78 is 0. The first-order valence-corrected chi connectivity index (χ1v) is 4.53. The maximum Gasteiger partial charge on any atom is 0.290 e. The predicted molar refractivity (Wildman–Crippen MR) is 43.5 cm³/mol. The molecule has 0 spiro atoms. The van der Waals surface area contributed by atoms with Gasteiger partial charge in [-0.05, 0) is 12.8 Å². The van der Waals surface area contributed by atoms with Gasteiger partial charge in [0.15, 0.2) is 0 Å². The number of Topliss-reactive ketones (excluding diaryl/α,β-unsaturated/α-hetero) is 1. The van der Waals surface area contributed by atoms with Crippen LogP contribution in [0.2, 0.25) is 0 Å². The fourth-order valence-corrected chi connectivity index (χ4v) is 2.36. The minimum atomic E-state index is -0.271. The van der Waals surface area contributed by atoms with Gasteiger partial charge in [0.05, 0.1) is 0 Å². The molecule has 12 heavy (non-hydrogen) atoms. The van der Waals surface area contributed by atoms with E-state index in [2.05, 4.69) is 0 Å². The van der Waals surface area contributed by atoms with Crippen molar-refractivity contribution in [3.8, 4) is 0 Å². The fourth-order valence-electron chi connectivity index (χ4n) is 2.36. The van der Waals surface area contributed by atoms with E-state index in [4.69, 9.17) is 0 Å².